The van der Waals surface area contributed by atoms with E-state index in [0.29, 0.717) is 6.04 Å². The van der Waals surface area contributed by atoms with E-state index in [-0.39, 0.29) is 0 Å². The van der Waals surface area contributed by atoms with Crippen molar-refractivity contribution < 1.29 is 4.74 Å². The van der Waals surface area contributed by atoms with E-state index < -0.39 is 0 Å². The van der Waals surface area contributed by atoms with Crippen molar-refractivity contribution in [2.24, 2.45) is 0 Å². The minimum Gasteiger partial charge on any atom is -0.455 e. The van der Waals surface area contributed by atoms with Crippen LogP contribution in [0.1, 0.15) is 31.9 Å². The van der Waals surface area contributed by atoms with Crippen molar-refractivity contribution in [1.82, 2.24) is 10.3 Å². The molecule has 1 N–H and O–H groups in total. The van der Waals surface area contributed by atoms with Crippen LogP contribution in [0.25, 0.3) is 0 Å². The van der Waals surface area contributed by atoms with Crippen LogP contribution in [-0.4, -0.2) is 11.0 Å². The molecular formula is C17H21ClN2O. The lowest BCUT2D eigenvalue weighted by Gasteiger charge is -2.13. The maximum atomic E-state index is 6.14. The SMILES string of the molecule is CCc1cc(Oc2cnccc2CNC(C)C)ccc1Cl. The number of nitrogens with one attached hydrogen (secondary N) is 1. The molecule has 0 bridgehead atoms. The predicted octanol–water partition coefficient (Wildman–Crippen LogP) is 4.59. The third-order valence-corrected chi connectivity index (χ3v) is 3.57. The van der Waals surface area contributed by atoms with Gasteiger partial charge >= 0.3 is 0 Å². The third-order valence-electron chi connectivity index (χ3n) is 3.20. The van der Waals surface area contributed by atoms with Gasteiger partial charge in [0.05, 0.1) is 6.20 Å². The molecule has 1 aromatic heterocycles. The Morgan fingerprint density at radius 1 is 1.24 bits per heavy atom. The van der Waals surface area contributed by atoms with Gasteiger partial charge in [0.2, 0.25) is 0 Å². The second-order valence-electron chi connectivity index (χ2n) is 5.23. The summed E-state index contributed by atoms with van der Waals surface area (Å²) >= 11 is 6.14. The molecular weight excluding hydrogens is 284 g/mol. The second kappa shape index (κ2) is 7.43. The fourth-order valence-electron chi connectivity index (χ4n) is 1.97. The number of aryl methyl sites for hydroxylation is 1. The summed E-state index contributed by atoms with van der Waals surface area (Å²) < 4.78 is 5.98. The van der Waals surface area contributed by atoms with Crippen LogP contribution in [0, 0.1) is 0 Å². The molecule has 0 spiro atoms. The Kier molecular flexibility index (Phi) is 5.59. The molecule has 2 rings (SSSR count). The highest BCUT2D eigenvalue weighted by Gasteiger charge is 2.07. The molecule has 21 heavy (non-hydrogen) atoms. The highest BCUT2D eigenvalue weighted by Crippen LogP contribution is 2.28. The molecule has 0 aliphatic carbocycles. The Morgan fingerprint density at radius 3 is 2.76 bits per heavy atom. The Hall–Kier alpha value is -1.58. The molecule has 0 saturated carbocycles. The number of hydrogen-bond acceptors (Lipinski definition) is 3. The third kappa shape index (κ3) is 4.45. The van der Waals surface area contributed by atoms with Crippen LogP contribution < -0.4 is 10.1 Å². The number of ether oxygens (including phenoxy) is 1. The van der Waals surface area contributed by atoms with Crippen LogP contribution in [0.5, 0.6) is 11.5 Å². The first kappa shape index (κ1) is 15.8. The number of aromatic nitrogens is 1. The van der Waals surface area contributed by atoms with Crippen LogP contribution in [0.3, 0.4) is 0 Å². The lowest BCUT2D eigenvalue weighted by Crippen LogP contribution is -2.22. The molecule has 3 nitrogen and oxygen atoms in total. The first-order valence-corrected chi connectivity index (χ1v) is 7.60. The van der Waals surface area contributed by atoms with Crippen molar-refractivity contribution in [1.29, 1.82) is 0 Å². The van der Waals surface area contributed by atoms with Gasteiger partial charge in [0.1, 0.15) is 11.5 Å². The highest BCUT2D eigenvalue weighted by atomic mass is 35.5. The fraction of sp³-hybridized carbons (Fsp3) is 0.353. The van der Waals surface area contributed by atoms with Crippen molar-refractivity contribution >= 4 is 11.6 Å². The molecule has 0 aliphatic rings. The van der Waals surface area contributed by atoms with Gasteiger partial charge in [0.25, 0.3) is 0 Å². The van der Waals surface area contributed by atoms with Crippen LogP contribution >= 0.6 is 11.6 Å². The van der Waals surface area contributed by atoms with Crippen molar-refractivity contribution in [2.45, 2.75) is 39.8 Å². The van der Waals surface area contributed by atoms with Gasteiger partial charge in [-0.1, -0.05) is 32.4 Å². The second-order valence-corrected chi connectivity index (χ2v) is 5.64. The quantitative estimate of drug-likeness (QED) is 0.847. The number of pyridine rings is 1. The summed E-state index contributed by atoms with van der Waals surface area (Å²) in [5.41, 5.74) is 2.17. The molecule has 0 atom stereocenters. The average molecular weight is 305 g/mol. The van der Waals surface area contributed by atoms with E-state index in [4.69, 9.17) is 16.3 Å². The van der Waals surface area contributed by atoms with Gasteiger partial charge < -0.3 is 10.1 Å². The highest BCUT2D eigenvalue weighted by molar-refractivity contribution is 6.31. The summed E-state index contributed by atoms with van der Waals surface area (Å²) in [6.07, 6.45) is 4.41. The zero-order valence-corrected chi connectivity index (χ0v) is 13.4. The van der Waals surface area contributed by atoms with Gasteiger partial charge in [-0.25, -0.2) is 0 Å². The molecule has 1 heterocycles. The lowest BCUT2D eigenvalue weighted by molar-refractivity contribution is 0.466. The maximum Gasteiger partial charge on any atom is 0.150 e. The Labute approximate surface area is 131 Å². The average Bonchev–Trinajstić information content (AvgIpc) is 2.48. The molecule has 2 aromatic rings. The normalized spacial score (nSPS) is 10.9. The summed E-state index contributed by atoms with van der Waals surface area (Å²) in [5, 5.41) is 4.17. The first-order chi connectivity index (χ1) is 10.1. The van der Waals surface area contributed by atoms with Crippen LogP contribution in [0.4, 0.5) is 0 Å². The van der Waals surface area contributed by atoms with E-state index in [1.807, 2.05) is 24.3 Å². The zero-order valence-electron chi connectivity index (χ0n) is 12.7. The van der Waals surface area contributed by atoms with E-state index >= 15 is 0 Å². The molecule has 0 saturated heterocycles. The molecule has 0 fully saturated rings. The predicted molar refractivity (Wildman–Crippen MR) is 87.1 cm³/mol. The Balaban J connectivity index is 2.19. The van der Waals surface area contributed by atoms with Crippen molar-refractivity contribution in [3.8, 4) is 11.5 Å². The maximum absolute atomic E-state index is 6.14. The zero-order chi connectivity index (χ0) is 15.2. The van der Waals surface area contributed by atoms with E-state index in [0.717, 1.165) is 40.6 Å². The van der Waals surface area contributed by atoms with Crippen molar-refractivity contribution in [2.75, 3.05) is 0 Å². The number of halogens is 1. The first-order valence-electron chi connectivity index (χ1n) is 7.22. The van der Waals surface area contributed by atoms with E-state index in [1.54, 1.807) is 12.4 Å². The number of hydrogen-bond donors (Lipinski definition) is 1. The largest absolute Gasteiger partial charge is 0.455 e. The smallest absolute Gasteiger partial charge is 0.150 e. The summed E-state index contributed by atoms with van der Waals surface area (Å²) in [4.78, 5) is 4.15. The van der Waals surface area contributed by atoms with Crippen LogP contribution in [0.15, 0.2) is 36.7 Å². The van der Waals surface area contributed by atoms with Gasteiger partial charge in [0, 0.05) is 29.4 Å². The van der Waals surface area contributed by atoms with Crippen LogP contribution in [-0.2, 0) is 13.0 Å². The summed E-state index contributed by atoms with van der Waals surface area (Å²) in [6.45, 7) is 7.07. The minimum absolute atomic E-state index is 0.424. The molecule has 112 valence electrons. The molecule has 0 radical (unpaired) electrons. The summed E-state index contributed by atoms with van der Waals surface area (Å²) in [7, 11) is 0. The minimum atomic E-state index is 0.424. The fourth-order valence-corrected chi connectivity index (χ4v) is 2.22. The van der Waals surface area contributed by atoms with E-state index in [9.17, 15) is 0 Å². The van der Waals surface area contributed by atoms with Gasteiger partial charge in [0.15, 0.2) is 0 Å². The molecule has 1 aromatic carbocycles. The summed E-state index contributed by atoms with van der Waals surface area (Å²) in [5.74, 6) is 1.56. The van der Waals surface area contributed by atoms with Gasteiger partial charge in [-0.3, -0.25) is 4.98 Å². The van der Waals surface area contributed by atoms with E-state index in [1.165, 1.54) is 0 Å². The number of rotatable bonds is 6. The van der Waals surface area contributed by atoms with Gasteiger partial charge in [-0.2, -0.15) is 0 Å². The van der Waals surface area contributed by atoms with Gasteiger partial charge in [-0.15, -0.1) is 0 Å². The van der Waals surface area contributed by atoms with Gasteiger partial charge in [-0.05, 0) is 36.2 Å². The topological polar surface area (TPSA) is 34.1 Å². The number of nitrogens with zero attached hydrogens (tertiary/aromatic N) is 1. The molecule has 4 heteroatoms. The molecule has 0 amide bonds. The lowest BCUT2D eigenvalue weighted by atomic mass is 10.1. The molecule has 0 unspecified atom stereocenters. The van der Waals surface area contributed by atoms with Crippen molar-refractivity contribution in [3.05, 3.63) is 52.8 Å². The van der Waals surface area contributed by atoms with Crippen LogP contribution in [0.2, 0.25) is 5.02 Å². The standard InChI is InChI=1S/C17H21ClN2O/c1-4-13-9-15(5-6-16(13)18)21-17-11-19-8-7-14(17)10-20-12(2)3/h5-9,11-12,20H,4,10H2,1-3H3. The Bertz CT molecular complexity index is 599. The van der Waals surface area contributed by atoms with Crippen molar-refractivity contribution in [3.63, 3.8) is 0 Å². The Morgan fingerprint density at radius 2 is 2.05 bits per heavy atom. The molecule has 0 aliphatic heterocycles. The number of benzene rings is 1. The monoisotopic (exact) mass is 304 g/mol. The summed E-state index contributed by atoms with van der Waals surface area (Å²) in [6, 6.07) is 8.14. The van der Waals surface area contributed by atoms with E-state index in [2.05, 4.69) is 31.1 Å².